The van der Waals surface area contributed by atoms with Crippen LogP contribution >= 0.6 is 7.37 Å². The van der Waals surface area contributed by atoms with Gasteiger partial charge in [0, 0.05) is 13.2 Å². The van der Waals surface area contributed by atoms with Gasteiger partial charge in [0.2, 0.25) is 7.37 Å². The van der Waals surface area contributed by atoms with Crippen molar-refractivity contribution in [2.24, 2.45) is 0 Å². The molecule has 1 aliphatic heterocycles. The molecule has 2 N–H and O–H groups in total. The minimum Gasteiger partial charge on any atom is -0.484 e. The van der Waals surface area contributed by atoms with Gasteiger partial charge >= 0.3 is 0 Å². The molecule has 1 aliphatic rings. The summed E-state index contributed by atoms with van der Waals surface area (Å²) in [6, 6.07) is 5.82. The maximum absolute atomic E-state index is 11.1. The van der Waals surface area contributed by atoms with Gasteiger partial charge in [0.05, 0.1) is 0 Å². The minimum absolute atomic E-state index is 0.121. The molecule has 0 fully saturated rings. The Balaban J connectivity index is 0.000000771. The van der Waals surface area contributed by atoms with E-state index in [1.54, 1.807) is 0 Å². The predicted octanol–water partition coefficient (Wildman–Crippen LogP) is 2.59. The molecule has 1 atom stereocenters. The molecule has 0 radical (unpaired) electrons. The Kier molecular flexibility index (Phi) is 5.86. The third kappa shape index (κ3) is 4.81. The van der Waals surface area contributed by atoms with Crippen molar-refractivity contribution in [2.45, 2.75) is 26.8 Å². The average Bonchev–Trinajstić information content (AvgIpc) is 2.38. The topological polar surface area (TPSA) is 58.6 Å². The van der Waals surface area contributed by atoms with Gasteiger partial charge < -0.3 is 14.9 Å². The van der Waals surface area contributed by atoms with Crippen LogP contribution in [-0.2, 0) is 17.5 Å². The van der Waals surface area contributed by atoms with Gasteiger partial charge in [-0.15, -0.1) is 0 Å². The SMILES string of the molecule is CC.CP(=O)(O)COc1ccc2c(c1)CCNC2. The van der Waals surface area contributed by atoms with E-state index in [1.165, 1.54) is 17.8 Å². The summed E-state index contributed by atoms with van der Waals surface area (Å²) in [5.41, 5.74) is 2.54. The van der Waals surface area contributed by atoms with Crippen LogP contribution in [0.4, 0.5) is 0 Å². The second-order valence-corrected chi connectivity index (χ2v) is 6.54. The zero-order valence-electron chi connectivity index (χ0n) is 11.3. The first-order valence-electron chi connectivity index (χ1n) is 6.29. The zero-order chi connectivity index (χ0) is 13.6. The van der Waals surface area contributed by atoms with Crippen LogP contribution in [0.2, 0.25) is 0 Å². The molecule has 1 heterocycles. The Bertz CT molecular complexity index is 428. The van der Waals surface area contributed by atoms with E-state index in [9.17, 15) is 4.57 Å². The molecule has 1 unspecified atom stereocenters. The lowest BCUT2D eigenvalue weighted by atomic mass is 10.0. The second-order valence-electron chi connectivity index (χ2n) is 4.18. The summed E-state index contributed by atoms with van der Waals surface area (Å²) < 4.78 is 16.4. The number of hydrogen-bond acceptors (Lipinski definition) is 3. The van der Waals surface area contributed by atoms with Gasteiger partial charge in [-0.2, -0.15) is 0 Å². The molecule has 0 amide bonds. The predicted molar refractivity (Wildman–Crippen MR) is 74.4 cm³/mol. The molecular formula is C13H22NO3P. The largest absolute Gasteiger partial charge is 0.484 e. The van der Waals surface area contributed by atoms with E-state index in [1.807, 2.05) is 32.0 Å². The molecule has 2 rings (SSSR count). The summed E-state index contributed by atoms with van der Waals surface area (Å²) in [6.45, 7) is 7.17. The Labute approximate surface area is 109 Å². The third-order valence-electron chi connectivity index (χ3n) is 2.54. The van der Waals surface area contributed by atoms with Crippen molar-refractivity contribution in [2.75, 3.05) is 19.6 Å². The molecule has 18 heavy (non-hydrogen) atoms. The van der Waals surface area contributed by atoms with Gasteiger partial charge in [-0.3, -0.25) is 4.57 Å². The van der Waals surface area contributed by atoms with E-state index in [0.29, 0.717) is 5.75 Å². The molecule has 102 valence electrons. The van der Waals surface area contributed by atoms with E-state index < -0.39 is 7.37 Å². The van der Waals surface area contributed by atoms with Crippen LogP contribution in [0.3, 0.4) is 0 Å². The number of benzene rings is 1. The number of hydrogen-bond donors (Lipinski definition) is 2. The van der Waals surface area contributed by atoms with Gasteiger partial charge in [-0.05, 0) is 36.2 Å². The molecule has 5 heteroatoms. The van der Waals surface area contributed by atoms with Crippen LogP contribution in [0.25, 0.3) is 0 Å². The first-order valence-corrected chi connectivity index (χ1v) is 8.58. The molecule has 1 aromatic carbocycles. The Morgan fingerprint density at radius 3 is 2.78 bits per heavy atom. The van der Waals surface area contributed by atoms with Crippen molar-refractivity contribution in [1.82, 2.24) is 5.32 Å². The highest BCUT2D eigenvalue weighted by Gasteiger charge is 2.12. The normalized spacial score (nSPS) is 16.9. The van der Waals surface area contributed by atoms with Crippen molar-refractivity contribution >= 4 is 7.37 Å². The maximum atomic E-state index is 11.1. The molecule has 4 nitrogen and oxygen atoms in total. The van der Waals surface area contributed by atoms with Crippen molar-refractivity contribution in [3.05, 3.63) is 29.3 Å². The van der Waals surface area contributed by atoms with Crippen molar-refractivity contribution in [3.8, 4) is 5.75 Å². The van der Waals surface area contributed by atoms with Gasteiger partial charge in [0.15, 0.2) is 6.35 Å². The van der Waals surface area contributed by atoms with E-state index >= 15 is 0 Å². The fraction of sp³-hybridized carbons (Fsp3) is 0.538. The number of rotatable bonds is 3. The van der Waals surface area contributed by atoms with Crippen LogP contribution < -0.4 is 10.1 Å². The van der Waals surface area contributed by atoms with Gasteiger partial charge in [-0.1, -0.05) is 19.9 Å². The Hall–Kier alpha value is -0.830. The van der Waals surface area contributed by atoms with Crippen LogP contribution in [0.1, 0.15) is 25.0 Å². The summed E-state index contributed by atoms with van der Waals surface area (Å²) in [6.07, 6.45) is 0.861. The van der Waals surface area contributed by atoms with Crippen LogP contribution in [0.5, 0.6) is 5.75 Å². The number of nitrogens with one attached hydrogen (secondary N) is 1. The van der Waals surface area contributed by atoms with Gasteiger partial charge in [-0.25, -0.2) is 0 Å². The lowest BCUT2D eigenvalue weighted by molar-refractivity contribution is 0.352. The Morgan fingerprint density at radius 1 is 1.39 bits per heavy atom. The molecule has 0 saturated carbocycles. The first-order chi connectivity index (χ1) is 8.54. The highest BCUT2D eigenvalue weighted by Crippen LogP contribution is 2.35. The lowest BCUT2D eigenvalue weighted by Crippen LogP contribution is -2.23. The standard InChI is InChI=1S/C11H16NO3P.C2H6/c1-16(13,14)8-15-11-3-2-10-7-12-5-4-9(10)6-11;1-2/h2-3,6,12H,4-5,7-8H2,1H3,(H,13,14);1-2H3. The van der Waals surface area contributed by atoms with Gasteiger partial charge in [0.25, 0.3) is 0 Å². The Morgan fingerprint density at radius 2 is 2.11 bits per heavy atom. The molecular weight excluding hydrogens is 249 g/mol. The number of fused-ring (bicyclic) bond motifs is 1. The summed E-state index contributed by atoms with van der Waals surface area (Å²) in [5.74, 6) is 0.678. The van der Waals surface area contributed by atoms with Gasteiger partial charge in [0.1, 0.15) is 5.75 Å². The fourth-order valence-electron chi connectivity index (χ4n) is 1.74. The quantitative estimate of drug-likeness (QED) is 0.830. The monoisotopic (exact) mass is 271 g/mol. The summed E-state index contributed by atoms with van der Waals surface area (Å²) in [7, 11) is -3.09. The van der Waals surface area contributed by atoms with Crippen LogP contribution in [-0.4, -0.2) is 24.5 Å². The van der Waals surface area contributed by atoms with E-state index in [0.717, 1.165) is 19.5 Å². The second kappa shape index (κ2) is 6.93. The van der Waals surface area contributed by atoms with Crippen molar-refractivity contribution < 1.29 is 14.2 Å². The highest BCUT2D eigenvalue weighted by molar-refractivity contribution is 7.56. The van der Waals surface area contributed by atoms with Crippen LogP contribution in [0.15, 0.2) is 18.2 Å². The zero-order valence-corrected chi connectivity index (χ0v) is 12.2. The minimum atomic E-state index is -3.09. The van der Waals surface area contributed by atoms with Crippen LogP contribution in [0, 0.1) is 0 Å². The summed E-state index contributed by atoms with van der Waals surface area (Å²) in [5, 5.41) is 3.29. The van der Waals surface area contributed by atoms with E-state index in [4.69, 9.17) is 9.63 Å². The molecule has 0 aliphatic carbocycles. The van der Waals surface area contributed by atoms with Crippen molar-refractivity contribution in [3.63, 3.8) is 0 Å². The van der Waals surface area contributed by atoms with E-state index in [2.05, 4.69) is 5.32 Å². The lowest BCUT2D eigenvalue weighted by Gasteiger charge is -2.18. The smallest absolute Gasteiger partial charge is 0.233 e. The molecule has 0 spiro atoms. The third-order valence-corrected chi connectivity index (χ3v) is 3.14. The first kappa shape index (κ1) is 15.2. The molecule has 0 aromatic heterocycles. The average molecular weight is 271 g/mol. The molecule has 1 aromatic rings. The highest BCUT2D eigenvalue weighted by atomic mass is 31.2. The summed E-state index contributed by atoms with van der Waals surface area (Å²) >= 11 is 0. The van der Waals surface area contributed by atoms with Crippen molar-refractivity contribution in [1.29, 1.82) is 0 Å². The maximum Gasteiger partial charge on any atom is 0.233 e. The fourth-order valence-corrected chi connectivity index (χ4v) is 2.13. The van der Waals surface area contributed by atoms with E-state index in [-0.39, 0.29) is 6.35 Å². The number of ether oxygens (including phenoxy) is 1. The molecule has 0 saturated heterocycles. The molecule has 0 bridgehead atoms. The summed E-state index contributed by atoms with van der Waals surface area (Å²) in [4.78, 5) is 9.14.